The molecular weight excluding hydrogens is 240 g/mol. The number of likely N-dealkylation sites (tertiary alicyclic amines) is 1. The molecule has 1 aliphatic carbocycles. The number of rotatable bonds is 2. The van der Waals surface area contributed by atoms with Crippen molar-refractivity contribution in [3.8, 4) is 0 Å². The van der Waals surface area contributed by atoms with Crippen molar-refractivity contribution in [2.45, 2.75) is 13.3 Å². The average molecular weight is 255 g/mol. The molecule has 0 amide bonds. The van der Waals surface area contributed by atoms with Gasteiger partial charge in [0.25, 0.3) is 0 Å². The van der Waals surface area contributed by atoms with Crippen molar-refractivity contribution in [3.05, 3.63) is 23.3 Å². The summed E-state index contributed by atoms with van der Waals surface area (Å²) in [5.41, 5.74) is 0. The second-order valence-electron chi connectivity index (χ2n) is 4.06. The van der Waals surface area contributed by atoms with Crippen molar-refractivity contribution in [1.82, 2.24) is 4.90 Å². The van der Waals surface area contributed by atoms with Gasteiger partial charge < -0.3 is 4.90 Å². The molecule has 0 spiro atoms. The minimum Gasteiger partial charge on any atom is -0.360 e. The van der Waals surface area contributed by atoms with Gasteiger partial charge in [-0.25, -0.2) is 4.99 Å². The third-order valence-corrected chi connectivity index (χ3v) is 3.53. The number of hydrogen-bond acceptors (Lipinski definition) is 1. The lowest BCUT2D eigenvalue weighted by Crippen LogP contribution is -2.27. The molecule has 2 atom stereocenters. The molecule has 76 valence electrons. The summed E-state index contributed by atoms with van der Waals surface area (Å²) >= 11 is 3.35. The second kappa shape index (κ2) is 3.89. The summed E-state index contributed by atoms with van der Waals surface area (Å²) in [5, 5.41) is 0. The number of nitrogens with zero attached hydrogens (tertiary/aromatic N) is 2. The lowest BCUT2D eigenvalue weighted by Gasteiger charge is -2.18. The molecule has 0 aromatic rings. The van der Waals surface area contributed by atoms with Crippen molar-refractivity contribution in [2.24, 2.45) is 16.8 Å². The lowest BCUT2D eigenvalue weighted by molar-refractivity contribution is 0.459. The number of allylic oxidation sites excluding steroid dienone is 2. The van der Waals surface area contributed by atoms with Crippen LogP contribution >= 0.6 is 15.9 Å². The van der Waals surface area contributed by atoms with E-state index in [0.29, 0.717) is 0 Å². The minimum atomic E-state index is 0.932. The molecule has 3 heteroatoms. The van der Waals surface area contributed by atoms with Gasteiger partial charge in [-0.05, 0) is 41.1 Å². The summed E-state index contributed by atoms with van der Waals surface area (Å²) in [5.74, 6) is 3.05. The van der Waals surface area contributed by atoms with Crippen LogP contribution in [0.4, 0.5) is 0 Å². The molecule has 1 saturated heterocycles. The predicted molar refractivity (Wildman–Crippen MR) is 63.5 cm³/mol. The summed E-state index contributed by atoms with van der Waals surface area (Å²) in [6.45, 7) is 8.15. The molecule has 14 heavy (non-hydrogen) atoms. The highest BCUT2D eigenvalue weighted by Crippen LogP contribution is 2.44. The Morgan fingerprint density at radius 1 is 1.50 bits per heavy atom. The van der Waals surface area contributed by atoms with Gasteiger partial charge in [-0.2, -0.15) is 0 Å². The van der Waals surface area contributed by atoms with E-state index in [2.05, 4.69) is 39.3 Å². The average Bonchev–Trinajstić information content (AvgIpc) is 2.81. The summed E-state index contributed by atoms with van der Waals surface area (Å²) < 4.78 is 0.932. The van der Waals surface area contributed by atoms with Crippen LogP contribution in [0.1, 0.15) is 13.3 Å². The standard InChI is InChI=1S/C11H15BrN2/c1-3-11(12)5-13-8(2)14-6-9-4-10(9)7-14/h3,5,9-10H,1,4,6-7H2,2H3/b11-5+,13-8?. The first-order valence-electron chi connectivity index (χ1n) is 4.98. The Hall–Kier alpha value is -0.570. The van der Waals surface area contributed by atoms with Gasteiger partial charge in [-0.1, -0.05) is 12.7 Å². The molecule has 2 rings (SSSR count). The Morgan fingerprint density at radius 3 is 2.71 bits per heavy atom. The maximum Gasteiger partial charge on any atom is 0.101 e. The van der Waals surface area contributed by atoms with E-state index in [9.17, 15) is 0 Å². The van der Waals surface area contributed by atoms with E-state index in [1.54, 1.807) is 6.08 Å². The van der Waals surface area contributed by atoms with E-state index in [1.165, 1.54) is 19.5 Å². The molecule has 1 heterocycles. The maximum atomic E-state index is 4.39. The van der Waals surface area contributed by atoms with E-state index in [-0.39, 0.29) is 0 Å². The number of fused-ring (bicyclic) bond motifs is 1. The Bertz CT molecular complexity index is 296. The van der Waals surface area contributed by atoms with Crippen molar-refractivity contribution in [1.29, 1.82) is 0 Å². The van der Waals surface area contributed by atoms with Crippen LogP contribution in [-0.2, 0) is 0 Å². The summed E-state index contributed by atoms with van der Waals surface area (Å²) in [6, 6.07) is 0. The van der Waals surface area contributed by atoms with Crippen LogP contribution in [0.15, 0.2) is 28.3 Å². The number of halogens is 1. The highest BCUT2D eigenvalue weighted by atomic mass is 79.9. The van der Waals surface area contributed by atoms with Gasteiger partial charge in [0.15, 0.2) is 0 Å². The van der Waals surface area contributed by atoms with Crippen molar-refractivity contribution in [2.75, 3.05) is 13.1 Å². The molecule has 0 aromatic heterocycles. The fourth-order valence-electron chi connectivity index (χ4n) is 1.95. The van der Waals surface area contributed by atoms with E-state index in [0.717, 1.165) is 22.2 Å². The SMILES string of the molecule is C=C/C(Br)=C\N=C(C)N1CC2CC2C1. The normalized spacial score (nSPS) is 31.7. The highest BCUT2D eigenvalue weighted by molar-refractivity contribution is 9.11. The van der Waals surface area contributed by atoms with Crippen LogP contribution in [0.3, 0.4) is 0 Å². The molecule has 0 radical (unpaired) electrons. The Morgan fingerprint density at radius 2 is 2.14 bits per heavy atom. The number of piperidine rings is 1. The first kappa shape index (κ1) is 9.97. The van der Waals surface area contributed by atoms with Crippen LogP contribution in [0.5, 0.6) is 0 Å². The maximum absolute atomic E-state index is 4.39. The largest absolute Gasteiger partial charge is 0.360 e. The van der Waals surface area contributed by atoms with Gasteiger partial charge in [0.2, 0.25) is 0 Å². The van der Waals surface area contributed by atoms with E-state index in [1.807, 2.05) is 6.20 Å². The molecule has 1 saturated carbocycles. The third kappa shape index (κ3) is 2.08. The summed E-state index contributed by atoms with van der Waals surface area (Å²) in [7, 11) is 0. The second-order valence-corrected chi connectivity index (χ2v) is 4.97. The topological polar surface area (TPSA) is 15.6 Å². The monoisotopic (exact) mass is 254 g/mol. The molecule has 2 aliphatic rings. The number of aliphatic imine (C=N–C) groups is 1. The Labute approximate surface area is 93.5 Å². The van der Waals surface area contributed by atoms with E-state index < -0.39 is 0 Å². The molecule has 2 unspecified atom stereocenters. The first-order valence-corrected chi connectivity index (χ1v) is 5.77. The summed E-state index contributed by atoms with van der Waals surface area (Å²) in [6.07, 6.45) is 5.00. The molecule has 1 aliphatic heterocycles. The van der Waals surface area contributed by atoms with Crippen LogP contribution in [0.25, 0.3) is 0 Å². The quantitative estimate of drug-likeness (QED) is 0.421. The lowest BCUT2D eigenvalue weighted by atomic mass is 10.4. The van der Waals surface area contributed by atoms with Gasteiger partial charge in [-0.3, -0.25) is 0 Å². The molecule has 0 N–H and O–H groups in total. The molecule has 2 fully saturated rings. The van der Waals surface area contributed by atoms with Crippen molar-refractivity contribution < 1.29 is 0 Å². The van der Waals surface area contributed by atoms with Gasteiger partial charge in [0.05, 0.1) is 0 Å². The zero-order chi connectivity index (χ0) is 10.1. The Kier molecular flexibility index (Phi) is 2.77. The van der Waals surface area contributed by atoms with Crippen molar-refractivity contribution in [3.63, 3.8) is 0 Å². The smallest absolute Gasteiger partial charge is 0.101 e. The van der Waals surface area contributed by atoms with Crippen LogP contribution in [0, 0.1) is 11.8 Å². The predicted octanol–water partition coefficient (Wildman–Crippen LogP) is 2.78. The van der Waals surface area contributed by atoms with Crippen LogP contribution in [0.2, 0.25) is 0 Å². The summed E-state index contributed by atoms with van der Waals surface area (Å²) in [4.78, 5) is 6.77. The fraction of sp³-hybridized carbons (Fsp3) is 0.545. The van der Waals surface area contributed by atoms with Gasteiger partial charge >= 0.3 is 0 Å². The fourth-order valence-corrected chi connectivity index (χ4v) is 2.05. The minimum absolute atomic E-state index is 0.932. The van der Waals surface area contributed by atoms with Crippen LogP contribution in [-0.4, -0.2) is 23.8 Å². The van der Waals surface area contributed by atoms with E-state index in [4.69, 9.17) is 0 Å². The first-order chi connectivity index (χ1) is 6.70. The molecule has 0 bridgehead atoms. The number of hydrogen-bond donors (Lipinski definition) is 0. The van der Waals surface area contributed by atoms with E-state index >= 15 is 0 Å². The highest BCUT2D eigenvalue weighted by Gasteiger charge is 2.45. The zero-order valence-electron chi connectivity index (χ0n) is 8.41. The molecular formula is C11H15BrN2. The third-order valence-electron chi connectivity index (χ3n) is 3.01. The van der Waals surface area contributed by atoms with Crippen molar-refractivity contribution >= 4 is 21.8 Å². The Balaban J connectivity index is 1.94. The molecule has 2 nitrogen and oxygen atoms in total. The van der Waals surface area contributed by atoms with Gasteiger partial charge in [0, 0.05) is 23.8 Å². The zero-order valence-corrected chi connectivity index (χ0v) is 10.00. The molecule has 0 aromatic carbocycles. The van der Waals surface area contributed by atoms with Gasteiger partial charge in [0.1, 0.15) is 5.84 Å². The number of amidine groups is 1. The van der Waals surface area contributed by atoms with Crippen LogP contribution < -0.4 is 0 Å². The van der Waals surface area contributed by atoms with Gasteiger partial charge in [-0.15, -0.1) is 0 Å².